The van der Waals surface area contributed by atoms with Crippen LogP contribution >= 0.6 is 0 Å². The second kappa shape index (κ2) is 7.34. The smallest absolute Gasteiger partial charge is 0.450 e. The Balaban J connectivity index is 1.95. The number of carboxylic acid groups (broad SMARTS) is 1. The fourth-order valence-electron chi connectivity index (χ4n) is 2.19. The second-order valence-corrected chi connectivity index (χ2v) is 4.72. The van der Waals surface area contributed by atoms with Crippen molar-refractivity contribution in [3.05, 3.63) is 71.8 Å². The average Bonchev–Trinajstić information content (AvgIpc) is 2.46. The summed E-state index contributed by atoms with van der Waals surface area (Å²) in [4.78, 5) is 10.8. The first-order valence-corrected chi connectivity index (χ1v) is 6.71. The maximum absolute atomic E-state index is 10.8. The van der Waals surface area contributed by atoms with Gasteiger partial charge < -0.3 is 9.84 Å². The molecule has 1 unspecified atom stereocenters. The molecular weight excluding hydrogens is 252 g/mol. The van der Waals surface area contributed by atoms with E-state index < -0.39 is 6.16 Å². The molecule has 104 valence electrons. The number of benzene rings is 2. The lowest BCUT2D eigenvalue weighted by Crippen LogP contribution is -2.20. The third-order valence-corrected chi connectivity index (χ3v) is 3.17. The fraction of sp³-hybridized carbons (Fsp3) is 0.235. The van der Waals surface area contributed by atoms with Crippen LogP contribution in [-0.2, 0) is 17.6 Å². The highest BCUT2D eigenvalue weighted by atomic mass is 16.7. The summed E-state index contributed by atoms with van der Waals surface area (Å²) in [6.45, 7) is 0. The maximum atomic E-state index is 10.8. The molecule has 0 aliphatic heterocycles. The predicted molar refractivity (Wildman–Crippen MR) is 77.8 cm³/mol. The van der Waals surface area contributed by atoms with Crippen molar-refractivity contribution in [2.45, 2.75) is 25.4 Å². The van der Waals surface area contributed by atoms with Crippen LogP contribution in [0.5, 0.6) is 0 Å². The van der Waals surface area contributed by atoms with E-state index in [4.69, 9.17) is 9.84 Å². The summed E-state index contributed by atoms with van der Waals surface area (Å²) in [5.41, 5.74) is 2.28. The standard InChI is InChI=1S/C17H18O3/c18-17(19)20-16(13-15-9-5-2-6-10-15)12-11-14-7-3-1-4-8-14/h1-10,16H,11-13H2,(H,18,19). The van der Waals surface area contributed by atoms with Gasteiger partial charge in [-0.25, -0.2) is 4.79 Å². The zero-order chi connectivity index (χ0) is 14.2. The van der Waals surface area contributed by atoms with Gasteiger partial charge in [-0.3, -0.25) is 0 Å². The van der Waals surface area contributed by atoms with Crippen LogP contribution in [0, 0.1) is 0 Å². The normalized spacial score (nSPS) is 11.8. The molecule has 0 radical (unpaired) electrons. The summed E-state index contributed by atoms with van der Waals surface area (Å²) in [7, 11) is 0. The molecule has 0 spiro atoms. The Morgan fingerprint density at radius 3 is 2.05 bits per heavy atom. The molecule has 0 saturated carbocycles. The molecule has 1 atom stereocenters. The van der Waals surface area contributed by atoms with Gasteiger partial charge in [-0.05, 0) is 24.0 Å². The lowest BCUT2D eigenvalue weighted by atomic mass is 10.0. The van der Waals surface area contributed by atoms with E-state index in [1.807, 2.05) is 60.7 Å². The third kappa shape index (κ3) is 4.76. The number of hydrogen-bond acceptors (Lipinski definition) is 2. The molecule has 2 aromatic carbocycles. The van der Waals surface area contributed by atoms with Gasteiger partial charge in [0.25, 0.3) is 0 Å². The van der Waals surface area contributed by atoms with Crippen molar-refractivity contribution in [1.29, 1.82) is 0 Å². The Bertz CT molecular complexity index is 522. The van der Waals surface area contributed by atoms with Crippen molar-refractivity contribution >= 4 is 6.16 Å². The van der Waals surface area contributed by atoms with E-state index >= 15 is 0 Å². The predicted octanol–water partition coefficient (Wildman–Crippen LogP) is 3.93. The van der Waals surface area contributed by atoms with Gasteiger partial charge in [-0.1, -0.05) is 60.7 Å². The van der Waals surface area contributed by atoms with Crippen LogP contribution in [0.1, 0.15) is 17.5 Å². The Labute approximate surface area is 118 Å². The van der Waals surface area contributed by atoms with E-state index in [0.717, 1.165) is 12.0 Å². The van der Waals surface area contributed by atoms with Crippen LogP contribution in [-0.4, -0.2) is 17.4 Å². The third-order valence-electron chi connectivity index (χ3n) is 3.17. The molecule has 0 aliphatic rings. The number of aryl methyl sites for hydroxylation is 1. The maximum Gasteiger partial charge on any atom is 0.506 e. The molecule has 2 aromatic rings. The summed E-state index contributed by atoms with van der Waals surface area (Å²) in [6.07, 6.45) is 0.589. The van der Waals surface area contributed by atoms with Crippen molar-refractivity contribution < 1.29 is 14.6 Å². The van der Waals surface area contributed by atoms with E-state index in [9.17, 15) is 4.79 Å². The molecule has 2 rings (SSSR count). The molecule has 1 N–H and O–H groups in total. The highest BCUT2D eigenvalue weighted by Crippen LogP contribution is 2.13. The quantitative estimate of drug-likeness (QED) is 0.809. The number of carbonyl (C=O) groups is 1. The molecule has 3 heteroatoms. The van der Waals surface area contributed by atoms with Gasteiger partial charge in [0.1, 0.15) is 6.10 Å². The molecule has 3 nitrogen and oxygen atoms in total. The minimum absolute atomic E-state index is 0.310. The first-order chi connectivity index (χ1) is 9.74. The van der Waals surface area contributed by atoms with Crippen LogP contribution in [0.2, 0.25) is 0 Å². The summed E-state index contributed by atoms with van der Waals surface area (Å²) >= 11 is 0. The molecule has 20 heavy (non-hydrogen) atoms. The van der Waals surface area contributed by atoms with E-state index in [1.165, 1.54) is 5.56 Å². The second-order valence-electron chi connectivity index (χ2n) is 4.72. The molecule has 0 saturated heterocycles. The molecule has 0 fully saturated rings. The lowest BCUT2D eigenvalue weighted by molar-refractivity contribution is 0.0484. The highest BCUT2D eigenvalue weighted by Gasteiger charge is 2.14. The Kier molecular flexibility index (Phi) is 5.18. The molecule has 0 aromatic heterocycles. The number of ether oxygens (including phenoxy) is 1. The van der Waals surface area contributed by atoms with Crippen molar-refractivity contribution in [2.24, 2.45) is 0 Å². The topological polar surface area (TPSA) is 46.5 Å². The molecule has 0 amide bonds. The van der Waals surface area contributed by atoms with Crippen molar-refractivity contribution in [1.82, 2.24) is 0 Å². The van der Waals surface area contributed by atoms with Gasteiger partial charge >= 0.3 is 6.16 Å². The van der Waals surface area contributed by atoms with Gasteiger partial charge in [-0.2, -0.15) is 0 Å². The Hall–Kier alpha value is -2.29. The van der Waals surface area contributed by atoms with Crippen molar-refractivity contribution in [3.8, 4) is 0 Å². The summed E-state index contributed by atoms with van der Waals surface area (Å²) in [5, 5.41) is 8.84. The summed E-state index contributed by atoms with van der Waals surface area (Å²) in [5.74, 6) is 0. The van der Waals surface area contributed by atoms with Crippen LogP contribution in [0.25, 0.3) is 0 Å². The van der Waals surface area contributed by atoms with Gasteiger partial charge in [0, 0.05) is 6.42 Å². The van der Waals surface area contributed by atoms with Crippen molar-refractivity contribution in [2.75, 3.05) is 0 Å². The largest absolute Gasteiger partial charge is 0.506 e. The van der Waals surface area contributed by atoms with Gasteiger partial charge in [0.05, 0.1) is 0 Å². The number of rotatable bonds is 6. The average molecular weight is 270 g/mol. The lowest BCUT2D eigenvalue weighted by Gasteiger charge is -2.16. The first-order valence-electron chi connectivity index (χ1n) is 6.71. The van der Waals surface area contributed by atoms with Crippen molar-refractivity contribution in [3.63, 3.8) is 0 Å². The minimum atomic E-state index is -1.21. The molecule has 0 aliphatic carbocycles. The SMILES string of the molecule is O=C(O)OC(CCc1ccccc1)Cc1ccccc1. The summed E-state index contributed by atoms with van der Waals surface area (Å²) in [6, 6.07) is 19.8. The van der Waals surface area contributed by atoms with Crippen LogP contribution < -0.4 is 0 Å². The van der Waals surface area contributed by atoms with Crippen LogP contribution in [0.15, 0.2) is 60.7 Å². The van der Waals surface area contributed by atoms with E-state index in [0.29, 0.717) is 12.8 Å². The Morgan fingerprint density at radius 2 is 1.50 bits per heavy atom. The summed E-state index contributed by atoms with van der Waals surface area (Å²) < 4.78 is 4.99. The van der Waals surface area contributed by atoms with Gasteiger partial charge in [-0.15, -0.1) is 0 Å². The zero-order valence-electron chi connectivity index (χ0n) is 11.2. The first kappa shape index (κ1) is 14.1. The van der Waals surface area contributed by atoms with E-state index in [2.05, 4.69) is 0 Å². The Morgan fingerprint density at radius 1 is 0.950 bits per heavy atom. The minimum Gasteiger partial charge on any atom is -0.450 e. The number of hydrogen-bond donors (Lipinski definition) is 1. The highest BCUT2D eigenvalue weighted by molar-refractivity contribution is 5.57. The van der Waals surface area contributed by atoms with Crippen LogP contribution in [0.4, 0.5) is 4.79 Å². The monoisotopic (exact) mass is 270 g/mol. The van der Waals surface area contributed by atoms with Crippen LogP contribution in [0.3, 0.4) is 0 Å². The van der Waals surface area contributed by atoms with Gasteiger partial charge in [0.2, 0.25) is 0 Å². The molecular formula is C17H18O3. The zero-order valence-corrected chi connectivity index (χ0v) is 11.2. The van der Waals surface area contributed by atoms with Gasteiger partial charge in [0.15, 0.2) is 0 Å². The molecule has 0 heterocycles. The van der Waals surface area contributed by atoms with E-state index in [1.54, 1.807) is 0 Å². The molecule has 0 bridgehead atoms. The van der Waals surface area contributed by atoms with E-state index in [-0.39, 0.29) is 6.10 Å². The fourth-order valence-corrected chi connectivity index (χ4v) is 2.19.